The van der Waals surface area contributed by atoms with Gasteiger partial charge in [-0.25, -0.2) is 9.25 Å². The number of ether oxygens (including phenoxy) is 2. The van der Waals surface area contributed by atoms with Gasteiger partial charge in [0, 0.05) is 55.9 Å². The normalized spacial score (nSPS) is 12.0. The first-order valence-corrected chi connectivity index (χ1v) is 19.2. The first kappa shape index (κ1) is 37.3. The number of pyridine rings is 1. The van der Waals surface area contributed by atoms with Crippen LogP contribution < -0.4 is 20.9 Å². The van der Waals surface area contributed by atoms with Crippen molar-refractivity contribution in [1.82, 2.24) is 24.8 Å². The number of hydrogen-bond donors (Lipinski definition) is 3. The topological polar surface area (TPSA) is 131 Å². The van der Waals surface area contributed by atoms with Gasteiger partial charge in [0.25, 0.3) is 0 Å². The molecule has 4 aromatic rings. The van der Waals surface area contributed by atoms with Crippen LogP contribution in [0.2, 0.25) is 5.02 Å². The molecule has 1 unspecified atom stereocenters. The molecule has 0 aliphatic rings. The maximum absolute atomic E-state index is 12.9. The van der Waals surface area contributed by atoms with Crippen LogP contribution >= 0.6 is 40.0 Å². The second-order valence-electron chi connectivity index (χ2n) is 11.6. The van der Waals surface area contributed by atoms with Crippen LogP contribution in [-0.4, -0.2) is 63.0 Å². The lowest BCUT2D eigenvalue weighted by atomic mass is 10.0. The minimum atomic E-state index is -4.90. The van der Waals surface area contributed by atoms with E-state index in [9.17, 15) is 27.6 Å². The number of rotatable bonds is 13. The molecular weight excluding hydrogens is 787 g/mol. The number of nitrogens with zero attached hydrogens (tertiary/aromatic N) is 3. The molecule has 0 aliphatic carbocycles. The molecule has 0 aliphatic heterocycles. The molecule has 1 atom stereocenters. The summed E-state index contributed by atoms with van der Waals surface area (Å²) in [4.78, 5) is 41.5. The summed E-state index contributed by atoms with van der Waals surface area (Å²) in [5.41, 5.74) is 2.83. The van der Waals surface area contributed by atoms with E-state index in [-0.39, 0.29) is 36.0 Å². The molecule has 17 heteroatoms. The zero-order valence-corrected chi connectivity index (χ0v) is 30.1. The lowest BCUT2D eigenvalue weighted by Gasteiger charge is -2.27. The number of H-pyrrole nitrogens is 1. The maximum Gasteiger partial charge on any atom is 0.573 e. The summed E-state index contributed by atoms with van der Waals surface area (Å²) < 4.78 is 49.2. The molecule has 4 rings (SSSR count). The Kier molecular flexibility index (Phi) is 12.6. The van der Waals surface area contributed by atoms with E-state index in [0.29, 0.717) is 31.4 Å². The van der Waals surface area contributed by atoms with Crippen molar-refractivity contribution in [1.29, 1.82) is 0 Å². The predicted molar refractivity (Wildman–Crippen MR) is 189 cm³/mol. The number of nitrogens with one attached hydrogen (secondary N) is 3. The quantitative estimate of drug-likeness (QED) is 0.0725. The molecular formula is C31H34ClF3IN6O5P. The Labute approximate surface area is 294 Å². The number of fused-ring (bicyclic) bond motifs is 1. The first-order valence-electron chi connectivity index (χ1n) is 14.7. The molecule has 0 radical (unpaired) electrons. The highest BCUT2D eigenvalue weighted by Crippen LogP contribution is 2.35. The number of aromatic nitrogens is 3. The standard InChI is InChI=1S/C31H34ClF3IN6O5P/c1-30(2,3)47-29(45)41(18-19-5-6-26(23(32)13-19)46-31(33,34)35)12-8-27(43)38-10-4-9-37-24-14-21(20-7-11-39-28(44)16-20)15-25-22(24)17-40-42(25)48-36/h5-7,11,13-17,37,48H,4,8-10,12,18H2,1-3H3,(H,38,43)(H,39,44). The van der Waals surface area contributed by atoms with Gasteiger partial charge in [0.15, 0.2) is 0 Å². The fourth-order valence-electron chi connectivity index (χ4n) is 4.63. The Hall–Kier alpha value is -3.56. The smallest absolute Gasteiger partial charge is 0.444 e. The van der Waals surface area contributed by atoms with Crippen LogP contribution in [-0.2, 0) is 16.1 Å². The van der Waals surface area contributed by atoms with Crippen molar-refractivity contribution >= 4 is 68.6 Å². The second-order valence-corrected chi connectivity index (χ2v) is 14.1. The molecule has 0 saturated carbocycles. The van der Waals surface area contributed by atoms with Crippen molar-refractivity contribution in [2.24, 2.45) is 0 Å². The largest absolute Gasteiger partial charge is 0.573 e. The van der Waals surface area contributed by atoms with Crippen molar-refractivity contribution in [3.8, 4) is 16.9 Å². The Morgan fingerprint density at radius 3 is 2.54 bits per heavy atom. The van der Waals surface area contributed by atoms with E-state index in [2.05, 4.69) is 47.5 Å². The van der Waals surface area contributed by atoms with Crippen LogP contribution in [0.1, 0.15) is 39.2 Å². The van der Waals surface area contributed by atoms with Gasteiger partial charge in [-0.3, -0.25) is 9.59 Å². The fraction of sp³-hybridized carbons (Fsp3) is 0.355. The Balaban J connectivity index is 1.33. The fourth-order valence-corrected chi connectivity index (χ4v) is 6.40. The molecule has 258 valence electrons. The molecule has 11 nitrogen and oxygen atoms in total. The number of benzene rings is 2. The number of carbonyl (C=O) groups is 2. The predicted octanol–water partition coefficient (Wildman–Crippen LogP) is 7.48. The number of alkyl halides is 3. The molecule has 0 bridgehead atoms. The number of carbonyl (C=O) groups excluding carboxylic acids is 2. The maximum atomic E-state index is 12.9. The van der Waals surface area contributed by atoms with Gasteiger partial charge in [0.1, 0.15) is 11.4 Å². The molecule has 2 heterocycles. The molecule has 48 heavy (non-hydrogen) atoms. The highest BCUT2D eigenvalue weighted by Gasteiger charge is 2.32. The van der Waals surface area contributed by atoms with E-state index in [1.165, 1.54) is 23.1 Å². The lowest BCUT2D eigenvalue weighted by Crippen LogP contribution is -2.39. The van der Waals surface area contributed by atoms with Crippen LogP contribution in [0.4, 0.5) is 23.7 Å². The minimum Gasteiger partial charge on any atom is -0.444 e. The molecule has 2 amide bonds. The van der Waals surface area contributed by atoms with Gasteiger partial charge in [-0.1, -0.05) is 17.7 Å². The van der Waals surface area contributed by atoms with Crippen LogP contribution in [0.3, 0.4) is 0 Å². The second kappa shape index (κ2) is 16.2. The summed E-state index contributed by atoms with van der Waals surface area (Å²) in [5, 5.41) is 11.4. The number of halogens is 5. The van der Waals surface area contributed by atoms with Crippen LogP contribution in [0.15, 0.2) is 59.7 Å². The van der Waals surface area contributed by atoms with Gasteiger partial charge in [0.2, 0.25) is 11.5 Å². The summed E-state index contributed by atoms with van der Waals surface area (Å²) in [6, 6.07) is 11.0. The van der Waals surface area contributed by atoms with Gasteiger partial charge in [-0.05, 0) is 96.3 Å². The van der Waals surface area contributed by atoms with E-state index in [1.54, 1.807) is 33.2 Å². The van der Waals surface area contributed by atoms with Crippen molar-refractivity contribution in [3.63, 3.8) is 0 Å². The summed E-state index contributed by atoms with van der Waals surface area (Å²) in [6.45, 7) is 5.92. The molecule has 2 aromatic carbocycles. The SMILES string of the molecule is CC(C)(C)OC(=O)N(CCC(=O)NCCCNc1cc(-c2cc[nH]c(=O)c2)cc2c1cnn2PI)Cc1ccc(OC(F)(F)F)c(Cl)c1. The Morgan fingerprint density at radius 1 is 1.10 bits per heavy atom. The minimum absolute atomic E-state index is 0.00796. The zero-order valence-electron chi connectivity index (χ0n) is 26.2. The van der Waals surface area contributed by atoms with Gasteiger partial charge in [-0.2, -0.15) is 5.10 Å². The molecule has 3 N–H and O–H groups in total. The highest BCUT2D eigenvalue weighted by molar-refractivity contribution is 14.2. The van der Waals surface area contributed by atoms with Gasteiger partial charge in [-0.15, -0.1) is 13.2 Å². The molecule has 2 aromatic heterocycles. The van der Waals surface area contributed by atoms with E-state index < -0.39 is 23.8 Å². The van der Waals surface area contributed by atoms with E-state index >= 15 is 0 Å². The summed E-state index contributed by atoms with van der Waals surface area (Å²) in [5.74, 6) is -0.856. The average Bonchev–Trinajstić information content (AvgIpc) is 3.42. The summed E-state index contributed by atoms with van der Waals surface area (Å²) in [6.07, 6.45) is -1.26. The Morgan fingerprint density at radius 2 is 1.88 bits per heavy atom. The number of anilines is 1. The molecule has 0 fully saturated rings. The van der Waals surface area contributed by atoms with Crippen molar-refractivity contribution in [2.75, 3.05) is 25.0 Å². The van der Waals surface area contributed by atoms with Gasteiger partial charge < -0.3 is 30.0 Å². The van der Waals surface area contributed by atoms with E-state index in [4.69, 9.17) is 16.3 Å². The van der Waals surface area contributed by atoms with Crippen LogP contribution in [0.5, 0.6) is 5.75 Å². The van der Waals surface area contributed by atoms with E-state index in [0.717, 1.165) is 33.8 Å². The van der Waals surface area contributed by atoms with Gasteiger partial charge >= 0.3 is 12.5 Å². The van der Waals surface area contributed by atoms with Crippen LogP contribution in [0.25, 0.3) is 22.0 Å². The molecule has 0 spiro atoms. The molecule has 0 saturated heterocycles. The highest BCUT2D eigenvalue weighted by atomic mass is 127. The third-order valence-corrected chi connectivity index (χ3v) is 8.91. The third-order valence-electron chi connectivity index (χ3n) is 6.72. The van der Waals surface area contributed by atoms with Crippen molar-refractivity contribution in [3.05, 3.63) is 75.8 Å². The summed E-state index contributed by atoms with van der Waals surface area (Å²) >= 11 is 8.24. The first-order chi connectivity index (χ1) is 22.6. The van der Waals surface area contributed by atoms with Crippen LogP contribution in [0, 0.1) is 0 Å². The third kappa shape index (κ3) is 11.0. The average molecular weight is 821 g/mol. The van der Waals surface area contributed by atoms with Gasteiger partial charge in [0.05, 0.1) is 23.1 Å². The van der Waals surface area contributed by atoms with Crippen molar-refractivity contribution in [2.45, 2.75) is 52.1 Å². The van der Waals surface area contributed by atoms with Crippen molar-refractivity contribution < 1.29 is 32.2 Å². The monoisotopic (exact) mass is 820 g/mol. The number of amides is 2. The zero-order chi connectivity index (χ0) is 35.1. The Bertz CT molecular complexity index is 1810. The van der Waals surface area contributed by atoms with E-state index in [1.807, 2.05) is 22.7 Å². The number of hydrogen-bond acceptors (Lipinski definition) is 7. The number of aromatic amines is 1. The lowest BCUT2D eigenvalue weighted by molar-refractivity contribution is -0.274. The summed E-state index contributed by atoms with van der Waals surface area (Å²) in [7, 11) is 0.